The quantitative estimate of drug-likeness (QED) is 0.631. The van der Waals surface area contributed by atoms with Gasteiger partial charge in [-0.15, -0.1) is 11.3 Å². The minimum atomic E-state index is -0.712. The Morgan fingerprint density at radius 2 is 1.97 bits per heavy atom. The molecule has 0 aliphatic carbocycles. The third-order valence-electron chi connectivity index (χ3n) is 5.70. The van der Waals surface area contributed by atoms with Gasteiger partial charge in [-0.05, 0) is 59.5 Å². The molecular formula is C23H25NO4S. The number of methoxy groups -OCH3 is 2. The molecule has 5 nitrogen and oxygen atoms in total. The Hall–Kier alpha value is -2.57. The van der Waals surface area contributed by atoms with E-state index in [1.54, 1.807) is 25.6 Å². The third kappa shape index (κ3) is 3.82. The minimum absolute atomic E-state index is 0.0342. The first-order valence-corrected chi connectivity index (χ1v) is 10.6. The van der Waals surface area contributed by atoms with Crippen molar-refractivity contribution in [2.24, 2.45) is 5.92 Å². The molecule has 4 rings (SSSR count). The lowest BCUT2D eigenvalue weighted by Gasteiger charge is -2.37. The zero-order valence-corrected chi connectivity index (χ0v) is 17.4. The highest BCUT2D eigenvalue weighted by molar-refractivity contribution is 7.17. The third-order valence-corrected chi connectivity index (χ3v) is 6.68. The van der Waals surface area contributed by atoms with Crippen LogP contribution in [0.2, 0.25) is 0 Å². The molecule has 0 bridgehead atoms. The van der Waals surface area contributed by atoms with E-state index in [4.69, 9.17) is 9.47 Å². The smallest absolute Gasteiger partial charge is 0.307 e. The fraction of sp³-hybridized carbons (Fsp3) is 0.348. The lowest BCUT2D eigenvalue weighted by atomic mass is 9.91. The second-order valence-corrected chi connectivity index (χ2v) is 8.29. The van der Waals surface area contributed by atoms with Gasteiger partial charge in [-0.1, -0.05) is 24.3 Å². The van der Waals surface area contributed by atoms with Crippen LogP contribution in [0, 0.1) is 5.92 Å². The molecule has 2 atom stereocenters. The zero-order valence-electron chi connectivity index (χ0n) is 16.6. The number of fused-ring (bicyclic) bond motifs is 1. The van der Waals surface area contributed by atoms with E-state index in [2.05, 4.69) is 40.6 Å². The van der Waals surface area contributed by atoms with E-state index in [1.807, 2.05) is 12.1 Å². The van der Waals surface area contributed by atoms with Crippen LogP contribution in [-0.4, -0.2) is 43.3 Å². The van der Waals surface area contributed by atoms with Gasteiger partial charge in [-0.2, -0.15) is 0 Å². The lowest BCUT2D eigenvalue weighted by Crippen LogP contribution is -2.41. The summed E-state index contributed by atoms with van der Waals surface area (Å²) in [7, 11) is 3.27. The van der Waals surface area contributed by atoms with Crippen molar-refractivity contribution in [1.82, 2.24) is 4.90 Å². The number of ether oxygens (including phenoxy) is 2. The highest BCUT2D eigenvalue weighted by atomic mass is 32.1. The van der Waals surface area contributed by atoms with Gasteiger partial charge < -0.3 is 14.6 Å². The highest BCUT2D eigenvalue weighted by Gasteiger charge is 2.32. The number of piperidine rings is 1. The van der Waals surface area contributed by atoms with Gasteiger partial charge in [0.15, 0.2) is 11.5 Å². The molecule has 1 aromatic heterocycles. The van der Waals surface area contributed by atoms with Crippen LogP contribution in [0.15, 0.2) is 47.8 Å². The van der Waals surface area contributed by atoms with E-state index in [0.29, 0.717) is 18.0 Å². The minimum Gasteiger partial charge on any atom is -0.493 e. The van der Waals surface area contributed by atoms with Gasteiger partial charge in [0.25, 0.3) is 0 Å². The number of hydrogen-bond donors (Lipinski definition) is 1. The number of carboxylic acids is 1. The van der Waals surface area contributed by atoms with Crippen molar-refractivity contribution in [3.63, 3.8) is 0 Å². The fourth-order valence-corrected chi connectivity index (χ4v) is 5.24. The van der Waals surface area contributed by atoms with E-state index < -0.39 is 5.97 Å². The topological polar surface area (TPSA) is 59.0 Å². The monoisotopic (exact) mass is 411 g/mol. The largest absolute Gasteiger partial charge is 0.493 e. The maximum absolute atomic E-state index is 11.7. The first-order chi connectivity index (χ1) is 14.1. The molecule has 0 radical (unpaired) electrons. The molecule has 2 aromatic carbocycles. The van der Waals surface area contributed by atoms with E-state index in [-0.39, 0.29) is 12.0 Å². The Morgan fingerprint density at radius 3 is 2.72 bits per heavy atom. The van der Waals surface area contributed by atoms with E-state index in [1.165, 1.54) is 15.6 Å². The summed E-state index contributed by atoms with van der Waals surface area (Å²) >= 11 is 1.73. The molecule has 1 N–H and O–H groups in total. The SMILES string of the molecule is COc1ccc(C(c2csc3ccccc23)N2CCCC(C(=O)O)C2)cc1OC. The Balaban J connectivity index is 1.82. The lowest BCUT2D eigenvalue weighted by molar-refractivity contribution is -0.143. The number of benzene rings is 2. The molecule has 0 amide bonds. The number of carboxylic acid groups (broad SMARTS) is 1. The Kier molecular flexibility index (Phi) is 5.74. The van der Waals surface area contributed by atoms with Gasteiger partial charge in [0, 0.05) is 11.2 Å². The van der Waals surface area contributed by atoms with Gasteiger partial charge in [-0.3, -0.25) is 9.69 Å². The summed E-state index contributed by atoms with van der Waals surface area (Å²) in [5.41, 5.74) is 2.29. The molecule has 1 saturated heterocycles. The average molecular weight is 412 g/mol. The van der Waals surface area contributed by atoms with Crippen molar-refractivity contribution in [3.05, 3.63) is 59.0 Å². The molecule has 1 aliphatic rings. The van der Waals surface area contributed by atoms with E-state index in [9.17, 15) is 9.90 Å². The first-order valence-electron chi connectivity index (χ1n) is 9.77. The number of rotatable bonds is 6. The van der Waals surface area contributed by atoms with Crippen LogP contribution in [0.1, 0.15) is 30.0 Å². The molecule has 1 fully saturated rings. The summed E-state index contributed by atoms with van der Waals surface area (Å²) in [5.74, 6) is 0.320. The zero-order chi connectivity index (χ0) is 20.4. The van der Waals surface area contributed by atoms with Crippen LogP contribution in [0.5, 0.6) is 11.5 Å². The van der Waals surface area contributed by atoms with Crippen molar-refractivity contribution in [3.8, 4) is 11.5 Å². The molecule has 2 unspecified atom stereocenters. The molecule has 29 heavy (non-hydrogen) atoms. The van der Waals surface area contributed by atoms with Crippen molar-refractivity contribution in [2.45, 2.75) is 18.9 Å². The van der Waals surface area contributed by atoms with Crippen LogP contribution in [0.3, 0.4) is 0 Å². The molecule has 2 heterocycles. The molecule has 0 spiro atoms. The molecular weight excluding hydrogens is 386 g/mol. The predicted molar refractivity (Wildman–Crippen MR) is 115 cm³/mol. The van der Waals surface area contributed by atoms with Crippen LogP contribution >= 0.6 is 11.3 Å². The predicted octanol–water partition coefficient (Wildman–Crippen LogP) is 4.80. The van der Waals surface area contributed by atoms with E-state index in [0.717, 1.165) is 24.9 Å². The highest BCUT2D eigenvalue weighted by Crippen LogP contribution is 2.41. The van der Waals surface area contributed by atoms with Gasteiger partial charge in [0.05, 0.1) is 26.2 Å². The molecule has 3 aromatic rings. The van der Waals surface area contributed by atoms with Gasteiger partial charge in [-0.25, -0.2) is 0 Å². The Labute approximate surface area is 174 Å². The summed E-state index contributed by atoms with van der Waals surface area (Å²) < 4.78 is 12.2. The summed E-state index contributed by atoms with van der Waals surface area (Å²) in [5, 5.41) is 13.0. The summed E-state index contributed by atoms with van der Waals surface area (Å²) in [6, 6.07) is 14.3. The normalized spacial score (nSPS) is 18.5. The number of hydrogen-bond acceptors (Lipinski definition) is 5. The van der Waals surface area contributed by atoms with E-state index >= 15 is 0 Å². The maximum Gasteiger partial charge on any atom is 0.307 e. The molecule has 152 valence electrons. The van der Waals surface area contributed by atoms with Crippen LogP contribution in [-0.2, 0) is 4.79 Å². The van der Waals surface area contributed by atoms with Gasteiger partial charge >= 0.3 is 5.97 Å². The summed E-state index contributed by atoms with van der Waals surface area (Å²) in [6.07, 6.45) is 1.61. The Morgan fingerprint density at radius 1 is 1.17 bits per heavy atom. The van der Waals surface area contributed by atoms with Crippen LogP contribution in [0.25, 0.3) is 10.1 Å². The molecule has 6 heteroatoms. The summed E-state index contributed by atoms with van der Waals surface area (Å²) in [4.78, 5) is 14.0. The second-order valence-electron chi connectivity index (χ2n) is 7.38. The summed E-state index contributed by atoms with van der Waals surface area (Å²) in [6.45, 7) is 1.41. The first kappa shape index (κ1) is 19.7. The molecule has 0 saturated carbocycles. The fourth-order valence-electron chi connectivity index (χ4n) is 4.26. The number of nitrogens with zero attached hydrogens (tertiary/aromatic N) is 1. The van der Waals surface area contributed by atoms with Crippen LogP contribution < -0.4 is 9.47 Å². The van der Waals surface area contributed by atoms with Gasteiger partial charge in [0.2, 0.25) is 0 Å². The number of aliphatic carboxylic acids is 1. The average Bonchev–Trinajstić information content (AvgIpc) is 3.18. The van der Waals surface area contributed by atoms with Crippen molar-refractivity contribution >= 4 is 27.4 Å². The van der Waals surface area contributed by atoms with Crippen molar-refractivity contribution in [1.29, 1.82) is 0 Å². The maximum atomic E-state index is 11.7. The number of thiophene rings is 1. The van der Waals surface area contributed by atoms with Crippen molar-refractivity contribution in [2.75, 3.05) is 27.3 Å². The number of likely N-dealkylation sites (tertiary alicyclic amines) is 1. The number of carbonyl (C=O) groups is 1. The molecule has 1 aliphatic heterocycles. The Bertz CT molecular complexity index is 1020. The standard InChI is InChI=1S/C23H25NO4S/c1-27-19-10-9-15(12-20(19)28-2)22(24-11-5-6-16(13-24)23(25)26)18-14-29-21-8-4-3-7-17(18)21/h3-4,7-10,12,14,16,22H,5-6,11,13H2,1-2H3,(H,25,26). The van der Waals surface area contributed by atoms with Crippen LogP contribution in [0.4, 0.5) is 0 Å². The van der Waals surface area contributed by atoms with Gasteiger partial charge in [0.1, 0.15) is 0 Å². The van der Waals surface area contributed by atoms with Crippen molar-refractivity contribution < 1.29 is 19.4 Å². The second kappa shape index (κ2) is 8.43.